The minimum absolute atomic E-state index is 0.355. The Kier molecular flexibility index (Phi) is 4.41. The third-order valence-electron chi connectivity index (χ3n) is 2.21. The highest BCUT2D eigenvalue weighted by Crippen LogP contribution is 2.25. The van der Waals surface area contributed by atoms with Gasteiger partial charge in [0.1, 0.15) is 24.4 Å². The first-order valence-corrected chi connectivity index (χ1v) is 6.19. The quantitative estimate of drug-likeness (QED) is 0.253. The summed E-state index contributed by atoms with van der Waals surface area (Å²) < 4.78 is 15.4. The van der Waals surface area contributed by atoms with E-state index in [1.807, 2.05) is 5.09 Å². The summed E-state index contributed by atoms with van der Waals surface area (Å²) in [5, 5.41) is 38.9. The number of hydrogen-bond donors (Lipinski definition) is 7. The molecule has 0 aliphatic carbocycles. The Labute approximate surface area is 91.0 Å². The van der Waals surface area contributed by atoms with Gasteiger partial charge in [-0.15, -0.1) is 0 Å². The van der Waals surface area contributed by atoms with Gasteiger partial charge in [-0.1, -0.05) is 0 Å². The normalized spacial score (nSPS) is 44.0. The van der Waals surface area contributed by atoms with Crippen LogP contribution in [0.3, 0.4) is 0 Å². The van der Waals surface area contributed by atoms with E-state index >= 15 is 0 Å². The van der Waals surface area contributed by atoms with Crippen molar-refractivity contribution in [1.82, 2.24) is 5.09 Å². The molecular formula is C6H15N2O7P. The number of nitrogens with one attached hydrogen (secondary N) is 1. The van der Waals surface area contributed by atoms with Crippen molar-refractivity contribution in [3.63, 3.8) is 0 Å². The SMILES string of the molecule is NP(=O)(O)NC[C@H]1OC(O)[C@@H](O)[C@@H](O)[C@@H]1O. The van der Waals surface area contributed by atoms with Crippen LogP contribution in [0.15, 0.2) is 0 Å². The maximum Gasteiger partial charge on any atom is 0.335 e. The molecule has 1 heterocycles. The molecule has 0 amide bonds. The van der Waals surface area contributed by atoms with E-state index in [9.17, 15) is 14.8 Å². The zero-order valence-corrected chi connectivity index (χ0v) is 9.07. The van der Waals surface area contributed by atoms with Crippen LogP contribution < -0.4 is 10.6 Å². The van der Waals surface area contributed by atoms with E-state index in [-0.39, 0.29) is 6.54 Å². The van der Waals surface area contributed by atoms with Gasteiger partial charge in [0, 0.05) is 6.54 Å². The third kappa shape index (κ3) is 3.45. The number of rotatable bonds is 3. The molecule has 0 aromatic carbocycles. The van der Waals surface area contributed by atoms with Gasteiger partial charge in [-0.2, -0.15) is 0 Å². The number of ether oxygens (including phenoxy) is 1. The molecule has 9 nitrogen and oxygen atoms in total. The van der Waals surface area contributed by atoms with Gasteiger partial charge >= 0.3 is 7.67 Å². The average Bonchev–Trinajstić information content (AvgIpc) is 2.17. The first-order chi connectivity index (χ1) is 7.22. The van der Waals surface area contributed by atoms with E-state index in [4.69, 9.17) is 25.3 Å². The molecule has 1 rings (SSSR count). The number of nitrogens with two attached hydrogens (primary N) is 1. The minimum Gasteiger partial charge on any atom is -0.388 e. The highest BCUT2D eigenvalue weighted by molar-refractivity contribution is 7.53. The minimum atomic E-state index is -3.98. The Morgan fingerprint density at radius 1 is 1.19 bits per heavy atom. The second kappa shape index (κ2) is 5.05. The highest BCUT2D eigenvalue weighted by atomic mass is 31.2. The highest BCUT2D eigenvalue weighted by Gasteiger charge is 2.43. The zero-order valence-electron chi connectivity index (χ0n) is 8.17. The van der Waals surface area contributed by atoms with Gasteiger partial charge in [-0.05, 0) is 0 Å². The molecule has 0 aromatic rings. The summed E-state index contributed by atoms with van der Waals surface area (Å²) in [6.45, 7) is -0.355. The van der Waals surface area contributed by atoms with Crippen LogP contribution in [-0.4, -0.2) is 62.6 Å². The van der Waals surface area contributed by atoms with Crippen LogP contribution in [-0.2, 0) is 9.30 Å². The van der Waals surface area contributed by atoms with Gasteiger partial charge in [0.05, 0.1) is 0 Å². The van der Waals surface area contributed by atoms with Crippen molar-refractivity contribution in [3.8, 4) is 0 Å². The van der Waals surface area contributed by atoms with Crippen molar-refractivity contribution < 1.29 is 34.6 Å². The molecule has 1 saturated heterocycles. The molecule has 0 radical (unpaired) electrons. The monoisotopic (exact) mass is 258 g/mol. The molecule has 8 N–H and O–H groups in total. The van der Waals surface area contributed by atoms with E-state index in [1.165, 1.54) is 0 Å². The lowest BCUT2D eigenvalue weighted by Crippen LogP contribution is -2.59. The van der Waals surface area contributed by atoms with Crippen molar-refractivity contribution in [1.29, 1.82) is 0 Å². The Balaban J connectivity index is 2.57. The van der Waals surface area contributed by atoms with Crippen LogP contribution in [0.25, 0.3) is 0 Å². The van der Waals surface area contributed by atoms with Crippen molar-refractivity contribution in [2.75, 3.05) is 6.54 Å². The van der Waals surface area contributed by atoms with E-state index < -0.39 is 38.4 Å². The van der Waals surface area contributed by atoms with E-state index in [2.05, 4.69) is 0 Å². The van der Waals surface area contributed by atoms with Crippen LogP contribution in [0.2, 0.25) is 0 Å². The first kappa shape index (κ1) is 14.0. The summed E-state index contributed by atoms with van der Waals surface area (Å²) >= 11 is 0. The van der Waals surface area contributed by atoms with Crippen LogP contribution >= 0.6 is 7.67 Å². The van der Waals surface area contributed by atoms with Crippen LogP contribution in [0, 0.1) is 0 Å². The smallest absolute Gasteiger partial charge is 0.335 e. The van der Waals surface area contributed by atoms with Crippen molar-refractivity contribution in [3.05, 3.63) is 0 Å². The summed E-state index contributed by atoms with van der Waals surface area (Å²) in [5.41, 5.74) is 4.78. The lowest BCUT2D eigenvalue weighted by molar-refractivity contribution is -0.279. The van der Waals surface area contributed by atoms with Gasteiger partial charge < -0.3 is 30.1 Å². The topological polar surface area (TPSA) is 166 Å². The van der Waals surface area contributed by atoms with Crippen LogP contribution in [0.4, 0.5) is 0 Å². The van der Waals surface area contributed by atoms with Gasteiger partial charge in [0.25, 0.3) is 0 Å². The maximum absolute atomic E-state index is 10.7. The maximum atomic E-state index is 10.7. The Hall–Kier alpha value is -0.0900. The lowest BCUT2D eigenvalue weighted by Gasteiger charge is -2.38. The fourth-order valence-corrected chi connectivity index (χ4v) is 1.76. The van der Waals surface area contributed by atoms with Crippen molar-refractivity contribution >= 4 is 7.67 Å². The molecule has 1 aliphatic heterocycles. The Morgan fingerprint density at radius 2 is 1.75 bits per heavy atom. The Morgan fingerprint density at radius 3 is 2.25 bits per heavy atom. The number of aliphatic hydroxyl groups is 4. The molecule has 0 bridgehead atoms. The largest absolute Gasteiger partial charge is 0.388 e. The van der Waals surface area contributed by atoms with Gasteiger partial charge in [-0.3, -0.25) is 4.57 Å². The van der Waals surface area contributed by atoms with Crippen LogP contribution in [0.1, 0.15) is 0 Å². The number of hydrogen-bond acceptors (Lipinski definition) is 6. The summed E-state index contributed by atoms with van der Waals surface area (Å²) in [5.74, 6) is 0. The van der Waals surface area contributed by atoms with Gasteiger partial charge in [0.15, 0.2) is 6.29 Å². The average molecular weight is 258 g/mol. The van der Waals surface area contributed by atoms with Crippen molar-refractivity contribution in [2.45, 2.75) is 30.7 Å². The van der Waals surface area contributed by atoms with Gasteiger partial charge in [0.2, 0.25) is 0 Å². The molecule has 0 aromatic heterocycles. The fourth-order valence-electron chi connectivity index (χ4n) is 1.32. The second-order valence-electron chi connectivity index (χ2n) is 3.52. The molecule has 6 atom stereocenters. The molecule has 1 fully saturated rings. The summed E-state index contributed by atoms with van der Waals surface area (Å²) in [4.78, 5) is 8.73. The van der Waals surface area contributed by atoms with Crippen molar-refractivity contribution in [2.24, 2.45) is 5.50 Å². The predicted octanol–water partition coefficient (Wildman–Crippen LogP) is -3.56. The van der Waals surface area contributed by atoms with Gasteiger partial charge in [-0.25, -0.2) is 10.6 Å². The first-order valence-electron chi connectivity index (χ1n) is 4.46. The number of aliphatic hydroxyl groups excluding tert-OH is 4. The zero-order chi connectivity index (χ0) is 12.5. The van der Waals surface area contributed by atoms with Crippen LogP contribution in [0.5, 0.6) is 0 Å². The molecular weight excluding hydrogens is 243 g/mol. The van der Waals surface area contributed by atoms with E-state index in [1.54, 1.807) is 0 Å². The second-order valence-corrected chi connectivity index (χ2v) is 5.08. The molecule has 0 saturated carbocycles. The standard InChI is InChI=1S/C6H15N2O7P/c7-16(13,14)8-1-2-3(9)4(10)5(11)6(12)15-2/h2-6,9-12H,1H2,(H4,7,8,13,14)/t2-,3-,4+,5+,6?/m1/s1. The summed E-state index contributed by atoms with van der Waals surface area (Å²) in [6, 6.07) is 0. The Bertz CT molecular complexity index is 284. The fraction of sp³-hybridized carbons (Fsp3) is 1.00. The molecule has 16 heavy (non-hydrogen) atoms. The molecule has 96 valence electrons. The lowest BCUT2D eigenvalue weighted by atomic mass is 9.99. The molecule has 2 unspecified atom stereocenters. The summed E-state index contributed by atoms with van der Waals surface area (Å²) in [6.07, 6.45) is -7.58. The summed E-state index contributed by atoms with van der Waals surface area (Å²) in [7, 11) is -3.98. The van der Waals surface area contributed by atoms with E-state index in [0.717, 1.165) is 0 Å². The predicted molar refractivity (Wildman–Crippen MR) is 50.9 cm³/mol. The molecule has 10 heteroatoms. The molecule has 1 aliphatic rings. The third-order valence-corrected chi connectivity index (χ3v) is 2.84. The van der Waals surface area contributed by atoms with E-state index in [0.29, 0.717) is 0 Å². The molecule has 0 spiro atoms.